The number of fused-ring (bicyclic) bond motifs is 1. The third kappa shape index (κ3) is 2.44. The van der Waals surface area contributed by atoms with Gasteiger partial charge in [-0.25, -0.2) is 4.79 Å². The van der Waals surface area contributed by atoms with Crippen LogP contribution in [0.15, 0.2) is 68.2 Å². The predicted octanol–water partition coefficient (Wildman–Crippen LogP) is 3.52. The van der Waals surface area contributed by atoms with Crippen LogP contribution in [0.1, 0.15) is 0 Å². The van der Waals surface area contributed by atoms with Gasteiger partial charge in [0.1, 0.15) is 16.9 Å². The van der Waals surface area contributed by atoms with Crippen molar-refractivity contribution >= 4 is 11.0 Å². The quantitative estimate of drug-likeness (QED) is 0.537. The van der Waals surface area contributed by atoms with Gasteiger partial charge in [-0.05, 0) is 30.3 Å². The van der Waals surface area contributed by atoms with E-state index >= 15 is 0 Å². The number of aromatic nitrogens is 2. The normalized spacial score (nSPS) is 10.9. The van der Waals surface area contributed by atoms with Crippen LogP contribution in [0.3, 0.4) is 0 Å². The maximum atomic E-state index is 12.2. The summed E-state index contributed by atoms with van der Waals surface area (Å²) in [5.74, 6) is 1.10. The molecule has 0 amide bonds. The lowest BCUT2D eigenvalue weighted by Gasteiger charge is -2.00. The molecule has 0 fully saturated rings. The minimum atomic E-state index is -0.519. The van der Waals surface area contributed by atoms with Gasteiger partial charge in [-0.3, -0.25) is 0 Å². The average molecular weight is 320 g/mol. The van der Waals surface area contributed by atoms with Crippen molar-refractivity contribution in [2.45, 2.75) is 0 Å². The Labute approximate surface area is 136 Å². The highest BCUT2D eigenvalue weighted by Gasteiger charge is 2.16. The highest BCUT2D eigenvalue weighted by molar-refractivity contribution is 5.80. The molecule has 2 aromatic heterocycles. The number of hydrogen-bond acceptors (Lipinski definition) is 6. The standard InChI is InChI=1S/C18H12N2O4/c1-22-13-7-4-6-12(9-13)16-19-20-17(24-16)14-10-11-5-2-3-8-15(11)23-18(14)21/h2-10H,1H3. The molecule has 2 heterocycles. The molecule has 118 valence electrons. The van der Waals surface area contributed by atoms with Crippen LogP contribution in [0.4, 0.5) is 0 Å². The van der Waals surface area contributed by atoms with E-state index in [2.05, 4.69) is 10.2 Å². The maximum Gasteiger partial charge on any atom is 0.349 e. The van der Waals surface area contributed by atoms with E-state index in [1.165, 1.54) is 0 Å². The highest BCUT2D eigenvalue weighted by atomic mass is 16.5. The third-order valence-electron chi connectivity index (χ3n) is 3.61. The monoisotopic (exact) mass is 320 g/mol. The second kappa shape index (κ2) is 5.66. The molecule has 4 rings (SSSR count). The lowest BCUT2D eigenvalue weighted by Crippen LogP contribution is -2.02. The van der Waals surface area contributed by atoms with Gasteiger partial charge in [0.25, 0.3) is 5.89 Å². The first-order chi connectivity index (χ1) is 11.7. The minimum Gasteiger partial charge on any atom is -0.497 e. The van der Waals surface area contributed by atoms with Crippen molar-refractivity contribution < 1.29 is 13.6 Å². The van der Waals surface area contributed by atoms with Crippen molar-refractivity contribution in [2.24, 2.45) is 0 Å². The number of rotatable bonds is 3. The summed E-state index contributed by atoms with van der Waals surface area (Å²) in [5.41, 5.74) is 0.932. The zero-order chi connectivity index (χ0) is 16.5. The van der Waals surface area contributed by atoms with Crippen molar-refractivity contribution in [1.29, 1.82) is 0 Å². The smallest absolute Gasteiger partial charge is 0.349 e. The topological polar surface area (TPSA) is 78.4 Å². The molecule has 0 aliphatic rings. The van der Waals surface area contributed by atoms with Crippen LogP contribution in [0.25, 0.3) is 33.9 Å². The Morgan fingerprint density at radius 3 is 2.62 bits per heavy atom. The molecule has 6 nitrogen and oxygen atoms in total. The van der Waals surface area contributed by atoms with Crippen molar-refractivity contribution in [2.75, 3.05) is 7.11 Å². The predicted molar refractivity (Wildman–Crippen MR) is 87.8 cm³/mol. The number of benzene rings is 2. The number of nitrogens with zero attached hydrogens (tertiary/aromatic N) is 2. The summed E-state index contributed by atoms with van der Waals surface area (Å²) < 4.78 is 16.1. The molecule has 0 aliphatic carbocycles. The van der Waals surface area contributed by atoms with Crippen molar-refractivity contribution in [3.8, 4) is 28.7 Å². The molecular formula is C18H12N2O4. The first-order valence-electron chi connectivity index (χ1n) is 7.26. The van der Waals surface area contributed by atoms with Crippen LogP contribution in [-0.2, 0) is 0 Å². The van der Waals surface area contributed by atoms with E-state index in [0.29, 0.717) is 22.8 Å². The van der Waals surface area contributed by atoms with Gasteiger partial charge in [0, 0.05) is 10.9 Å². The Balaban J connectivity index is 1.80. The molecule has 0 saturated carbocycles. The van der Waals surface area contributed by atoms with Crippen LogP contribution in [0.5, 0.6) is 5.75 Å². The second-order valence-corrected chi connectivity index (χ2v) is 5.13. The number of ether oxygens (including phenoxy) is 1. The number of methoxy groups -OCH3 is 1. The maximum absolute atomic E-state index is 12.2. The summed E-state index contributed by atoms with van der Waals surface area (Å²) in [6, 6.07) is 16.2. The molecule has 0 unspecified atom stereocenters. The number of hydrogen-bond donors (Lipinski definition) is 0. The van der Waals surface area contributed by atoms with E-state index in [0.717, 1.165) is 5.39 Å². The van der Waals surface area contributed by atoms with E-state index in [-0.39, 0.29) is 11.5 Å². The summed E-state index contributed by atoms with van der Waals surface area (Å²) in [5, 5.41) is 8.76. The van der Waals surface area contributed by atoms with Gasteiger partial charge in [0.2, 0.25) is 5.89 Å². The van der Waals surface area contributed by atoms with Gasteiger partial charge >= 0.3 is 5.63 Å². The van der Waals surface area contributed by atoms with Gasteiger partial charge in [-0.1, -0.05) is 24.3 Å². The molecule has 0 N–H and O–H groups in total. The zero-order valence-corrected chi connectivity index (χ0v) is 12.7. The Bertz CT molecular complexity index is 1080. The summed E-state index contributed by atoms with van der Waals surface area (Å²) in [4.78, 5) is 12.2. The lowest BCUT2D eigenvalue weighted by molar-refractivity contribution is 0.415. The first kappa shape index (κ1) is 14.2. The van der Waals surface area contributed by atoms with Crippen molar-refractivity contribution in [3.63, 3.8) is 0 Å². The SMILES string of the molecule is COc1cccc(-c2nnc(-c3cc4ccccc4oc3=O)o2)c1. The summed E-state index contributed by atoms with van der Waals surface area (Å²) in [6.07, 6.45) is 0. The first-order valence-corrected chi connectivity index (χ1v) is 7.26. The van der Waals surface area contributed by atoms with Crippen molar-refractivity contribution in [3.05, 3.63) is 65.0 Å². The molecule has 24 heavy (non-hydrogen) atoms. The Morgan fingerprint density at radius 2 is 1.75 bits per heavy atom. The van der Waals surface area contributed by atoms with Crippen LogP contribution in [0, 0.1) is 0 Å². The fourth-order valence-electron chi connectivity index (χ4n) is 2.42. The summed E-state index contributed by atoms with van der Waals surface area (Å²) in [6.45, 7) is 0. The van der Waals surface area contributed by atoms with E-state index < -0.39 is 5.63 Å². The zero-order valence-electron chi connectivity index (χ0n) is 12.7. The van der Waals surface area contributed by atoms with Crippen LogP contribution < -0.4 is 10.4 Å². The fourth-order valence-corrected chi connectivity index (χ4v) is 2.42. The molecule has 0 bridgehead atoms. The summed E-state index contributed by atoms with van der Waals surface area (Å²) in [7, 11) is 1.58. The Kier molecular flexibility index (Phi) is 3.35. The van der Waals surface area contributed by atoms with Crippen LogP contribution in [-0.4, -0.2) is 17.3 Å². The van der Waals surface area contributed by atoms with E-state index in [4.69, 9.17) is 13.6 Å². The van der Waals surface area contributed by atoms with Crippen LogP contribution >= 0.6 is 0 Å². The molecule has 0 aliphatic heterocycles. The molecule has 2 aromatic carbocycles. The van der Waals surface area contributed by atoms with E-state index in [9.17, 15) is 4.79 Å². The molecule has 6 heteroatoms. The highest BCUT2D eigenvalue weighted by Crippen LogP contribution is 2.26. The molecule has 0 saturated heterocycles. The molecule has 0 atom stereocenters. The van der Waals surface area contributed by atoms with Crippen LogP contribution in [0.2, 0.25) is 0 Å². The molecule has 4 aromatic rings. The summed E-state index contributed by atoms with van der Waals surface area (Å²) >= 11 is 0. The van der Waals surface area contributed by atoms with Gasteiger partial charge in [-0.15, -0.1) is 10.2 Å². The molecule has 0 radical (unpaired) electrons. The van der Waals surface area contributed by atoms with Gasteiger partial charge < -0.3 is 13.6 Å². The Hall–Kier alpha value is -3.41. The minimum absolute atomic E-state index is 0.118. The fraction of sp³-hybridized carbons (Fsp3) is 0.0556. The molecular weight excluding hydrogens is 308 g/mol. The van der Waals surface area contributed by atoms with Gasteiger partial charge in [-0.2, -0.15) is 0 Å². The second-order valence-electron chi connectivity index (χ2n) is 5.13. The largest absolute Gasteiger partial charge is 0.497 e. The van der Waals surface area contributed by atoms with E-state index in [1.807, 2.05) is 30.3 Å². The van der Waals surface area contributed by atoms with Crippen molar-refractivity contribution in [1.82, 2.24) is 10.2 Å². The Morgan fingerprint density at radius 1 is 0.917 bits per heavy atom. The third-order valence-corrected chi connectivity index (χ3v) is 3.61. The van der Waals surface area contributed by atoms with Gasteiger partial charge in [0.15, 0.2) is 0 Å². The van der Waals surface area contributed by atoms with Gasteiger partial charge in [0.05, 0.1) is 7.11 Å². The average Bonchev–Trinajstić information content (AvgIpc) is 3.11. The van der Waals surface area contributed by atoms with E-state index in [1.54, 1.807) is 31.4 Å². The molecule has 0 spiro atoms. The number of para-hydroxylation sites is 1. The lowest BCUT2D eigenvalue weighted by atomic mass is 10.2.